The molecule has 1 N–H and O–H groups in total. The molecule has 1 aliphatic rings. The molecule has 1 aromatic rings. The van der Waals surface area contributed by atoms with Crippen molar-refractivity contribution in [3.05, 3.63) is 18.2 Å². The van der Waals surface area contributed by atoms with E-state index in [-0.39, 0.29) is 12.6 Å². The summed E-state index contributed by atoms with van der Waals surface area (Å²) >= 11 is 0. The van der Waals surface area contributed by atoms with Crippen molar-refractivity contribution in [3.63, 3.8) is 0 Å². The highest BCUT2D eigenvalue weighted by Gasteiger charge is 2.27. The first-order valence-electron chi connectivity index (χ1n) is 6.47. The zero-order valence-electron chi connectivity index (χ0n) is 11.8. The fourth-order valence-corrected chi connectivity index (χ4v) is 2.51. The van der Waals surface area contributed by atoms with Gasteiger partial charge in [0, 0.05) is 25.7 Å². The number of benzene rings is 1. The average molecular weight is 266 g/mol. The second-order valence-electron chi connectivity index (χ2n) is 4.83. The van der Waals surface area contributed by atoms with E-state index in [1.54, 1.807) is 14.2 Å². The largest absolute Gasteiger partial charge is 0.497 e. The predicted molar refractivity (Wildman–Crippen MR) is 75.3 cm³/mol. The number of methoxy groups -OCH3 is 2. The van der Waals surface area contributed by atoms with Crippen LogP contribution in [0.15, 0.2) is 18.2 Å². The lowest BCUT2D eigenvalue weighted by Gasteiger charge is -2.41. The van der Waals surface area contributed by atoms with Gasteiger partial charge in [0.1, 0.15) is 11.5 Å². The van der Waals surface area contributed by atoms with Gasteiger partial charge in [-0.15, -0.1) is 0 Å². The van der Waals surface area contributed by atoms with Gasteiger partial charge in [0.05, 0.1) is 32.6 Å². The smallest absolute Gasteiger partial charge is 0.142 e. The third kappa shape index (κ3) is 2.93. The molecule has 19 heavy (non-hydrogen) atoms. The maximum absolute atomic E-state index is 9.59. The molecule has 1 heterocycles. The van der Waals surface area contributed by atoms with Crippen LogP contribution in [-0.4, -0.2) is 63.6 Å². The summed E-state index contributed by atoms with van der Waals surface area (Å²) in [6, 6.07) is 5.83. The number of anilines is 1. The third-order valence-corrected chi connectivity index (χ3v) is 3.59. The van der Waals surface area contributed by atoms with Crippen molar-refractivity contribution >= 4 is 5.69 Å². The number of aliphatic hydroxyl groups is 1. The van der Waals surface area contributed by atoms with Crippen molar-refractivity contribution in [1.82, 2.24) is 4.90 Å². The predicted octanol–water partition coefficient (Wildman–Crippen LogP) is 0.816. The molecule has 0 bridgehead atoms. The molecule has 1 aliphatic heterocycles. The number of likely N-dealkylation sites (N-methyl/N-ethyl adjacent to an activating group) is 1. The Morgan fingerprint density at radius 2 is 2.05 bits per heavy atom. The maximum atomic E-state index is 9.59. The van der Waals surface area contributed by atoms with Gasteiger partial charge in [0.25, 0.3) is 0 Å². The van der Waals surface area contributed by atoms with Gasteiger partial charge in [-0.2, -0.15) is 0 Å². The van der Waals surface area contributed by atoms with Crippen LogP contribution < -0.4 is 14.4 Å². The number of rotatable bonds is 4. The fraction of sp³-hybridized carbons (Fsp3) is 0.571. The highest BCUT2D eigenvalue weighted by Crippen LogP contribution is 2.34. The Hall–Kier alpha value is -1.46. The number of piperazine rings is 1. The zero-order valence-corrected chi connectivity index (χ0v) is 11.8. The standard InChI is InChI=1S/C14H22N2O3/c1-15-6-7-16(11(9-15)10-17)13-8-12(18-2)4-5-14(13)19-3/h4-5,8,11,17H,6-7,9-10H2,1-3H3. The van der Waals surface area contributed by atoms with Gasteiger partial charge in [-0.1, -0.05) is 0 Å². The van der Waals surface area contributed by atoms with E-state index >= 15 is 0 Å². The quantitative estimate of drug-likeness (QED) is 0.874. The van der Waals surface area contributed by atoms with Gasteiger partial charge < -0.3 is 24.4 Å². The summed E-state index contributed by atoms with van der Waals surface area (Å²) < 4.78 is 10.7. The SMILES string of the molecule is COc1ccc(OC)c(N2CCN(C)CC2CO)c1. The van der Waals surface area contributed by atoms with E-state index in [0.29, 0.717) is 0 Å². The summed E-state index contributed by atoms with van der Waals surface area (Å²) in [6.07, 6.45) is 0. The Kier molecular flexibility index (Phi) is 4.50. The molecule has 106 valence electrons. The van der Waals surface area contributed by atoms with Crippen molar-refractivity contribution < 1.29 is 14.6 Å². The first-order valence-corrected chi connectivity index (χ1v) is 6.47. The van der Waals surface area contributed by atoms with Crippen LogP contribution >= 0.6 is 0 Å². The molecule has 0 amide bonds. The van der Waals surface area contributed by atoms with E-state index in [4.69, 9.17) is 9.47 Å². The molecule has 0 aliphatic carbocycles. The van der Waals surface area contributed by atoms with Crippen LogP contribution in [0.4, 0.5) is 5.69 Å². The third-order valence-electron chi connectivity index (χ3n) is 3.59. The van der Waals surface area contributed by atoms with Crippen LogP contribution in [0.3, 0.4) is 0 Å². The van der Waals surface area contributed by atoms with Crippen molar-refractivity contribution in [2.45, 2.75) is 6.04 Å². The van der Waals surface area contributed by atoms with E-state index < -0.39 is 0 Å². The zero-order chi connectivity index (χ0) is 13.8. The second kappa shape index (κ2) is 6.12. The van der Waals surface area contributed by atoms with Crippen LogP contribution in [0.25, 0.3) is 0 Å². The van der Waals surface area contributed by atoms with E-state index in [0.717, 1.165) is 36.8 Å². The first kappa shape index (κ1) is 14.0. The van der Waals surface area contributed by atoms with E-state index in [9.17, 15) is 5.11 Å². The fourth-order valence-electron chi connectivity index (χ4n) is 2.51. The Balaban J connectivity index is 2.32. The molecule has 1 aromatic carbocycles. The lowest BCUT2D eigenvalue weighted by molar-refractivity contribution is 0.190. The van der Waals surface area contributed by atoms with Gasteiger partial charge in [-0.3, -0.25) is 0 Å². The molecule has 0 aromatic heterocycles. The van der Waals surface area contributed by atoms with Crippen LogP contribution in [0, 0.1) is 0 Å². The Morgan fingerprint density at radius 3 is 2.68 bits per heavy atom. The molecule has 1 fully saturated rings. The van der Waals surface area contributed by atoms with Crippen LogP contribution in [0.2, 0.25) is 0 Å². The minimum Gasteiger partial charge on any atom is -0.497 e. The van der Waals surface area contributed by atoms with E-state index in [1.165, 1.54) is 0 Å². The van der Waals surface area contributed by atoms with Gasteiger partial charge in [0.15, 0.2) is 0 Å². The summed E-state index contributed by atoms with van der Waals surface area (Å²) in [4.78, 5) is 4.42. The van der Waals surface area contributed by atoms with Crippen molar-refractivity contribution in [3.8, 4) is 11.5 Å². The normalized spacial score (nSPS) is 20.4. The van der Waals surface area contributed by atoms with Crippen LogP contribution in [0.5, 0.6) is 11.5 Å². The monoisotopic (exact) mass is 266 g/mol. The number of aliphatic hydroxyl groups excluding tert-OH is 1. The molecule has 1 atom stereocenters. The molecule has 0 spiro atoms. The second-order valence-corrected chi connectivity index (χ2v) is 4.83. The van der Waals surface area contributed by atoms with Gasteiger partial charge >= 0.3 is 0 Å². The molecule has 0 saturated carbocycles. The van der Waals surface area contributed by atoms with Gasteiger partial charge in [-0.05, 0) is 19.2 Å². The minimum atomic E-state index is 0.0831. The first-order chi connectivity index (χ1) is 9.19. The molecule has 2 rings (SSSR count). The maximum Gasteiger partial charge on any atom is 0.142 e. The van der Waals surface area contributed by atoms with Gasteiger partial charge in [0.2, 0.25) is 0 Å². The lowest BCUT2D eigenvalue weighted by Crippen LogP contribution is -2.53. The highest BCUT2D eigenvalue weighted by atomic mass is 16.5. The summed E-state index contributed by atoms with van der Waals surface area (Å²) in [5.74, 6) is 1.61. The topological polar surface area (TPSA) is 45.2 Å². The Labute approximate surface area is 114 Å². The highest BCUT2D eigenvalue weighted by molar-refractivity contribution is 5.62. The number of nitrogens with zero attached hydrogens (tertiary/aromatic N) is 2. The number of hydrogen-bond acceptors (Lipinski definition) is 5. The summed E-state index contributed by atoms with van der Waals surface area (Å²) in [5, 5.41) is 9.59. The van der Waals surface area contributed by atoms with E-state index in [2.05, 4.69) is 16.8 Å². The molecular weight excluding hydrogens is 244 g/mol. The molecule has 5 nitrogen and oxygen atoms in total. The van der Waals surface area contributed by atoms with Gasteiger partial charge in [-0.25, -0.2) is 0 Å². The average Bonchev–Trinajstić information content (AvgIpc) is 2.46. The molecule has 0 radical (unpaired) electrons. The van der Waals surface area contributed by atoms with Crippen molar-refractivity contribution in [2.75, 3.05) is 52.4 Å². The lowest BCUT2D eigenvalue weighted by atomic mass is 10.1. The van der Waals surface area contributed by atoms with Crippen molar-refractivity contribution in [1.29, 1.82) is 0 Å². The Bertz CT molecular complexity index is 425. The summed E-state index contributed by atoms with van der Waals surface area (Å²) in [5.41, 5.74) is 0.981. The number of hydrogen-bond donors (Lipinski definition) is 1. The summed E-state index contributed by atoms with van der Waals surface area (Å²) in [6.45, 7) is 2.81. The Morgan fingerprint density at radius 1 is 1.26 bits per heavy atom. The molecule has 1 saturated heterocycles. The molecular formula is C14H22N2O3. The molecule has 1 unspecified atom stereocenters. The molecule has 5 heteroatoms. The van der Waals surface area contributed by atoms with Crippen LogP contribution in [0.1, 0.15) is 0 Å². The summed E-state index contributed by atoms with van der Waals surface area (Å²) in [7, 11) is 5.39. The van der Waals surface area contributed by atoms with E-state index in [1.807, 2.05) is 18.2 Å². The van der Waals surface area contributed by atoms with Crippen LogP contribution in [-0.2, 0) is 0 Å². The minimum absolute atomic E-state index is 0.0831. The number of ether oxygens (including phenoxy) is 2. The van der Waals surface area contributed by atoms with Crippen molar-refractivity contribution in [2.24, 2.45) is 0 Å².